The van der Waals surface area contributed by atoms with Crippen molar-refractivity contribution in [1.29, 1.82) is 0 Å². The number of hydrogen-bond acceptors (Lipinski definition) is 3. The van der Waals surface area contributed by atoms with Gasteiger partial charge in [-0.1, -0.05) is 18.7 Å². The summed E-state index contributed by atoms with van der Waals surface area (Å²) in [5.74, 6) is 0.839. The van der Waals surface area contributed by atoms with Gasteiger partial charge in [0.1, 0.15) is 5.75 Å². The van der Waals surface area contributed by atoms with Gasteiger partial charge in [0.2, 0.25) is 0 Å². The van der Waals surface area contributed by atoms with Crippen molar-refractivity contribution in [2.45, 2.75) is 6.92 Å². The quantitative estimate of drug-likeness (QED) is 0.728. The maximum atomic E-state index is 5.16. The highest BCUT2D eigenvalue weighted by atomic mass is 16.5. The molecule has 20 heavy (non-hydrogen) atoms. The van der Waals surface area contributed by atoms with E-state index >= 15 is 0 Å². The molecule has 0 saturated heterocycles. The lowest BCUT2D eigenvalue weighted by Crippen LogP contribution is -1.92. The molecule has 0 aliphatic carbocycles. The van der Waals surface area contributed by atoms with Gasteiger partial charge in [-0.05, 0) is 30.2 Å². The average molecular weight is 265 g/mol. The third kappa shape index (κ3) is 2.05. The molecule has 1 aromatic carbocycles. The summed E-state index contributed by atoms with van der Waals surface area (Å²) < 4.78 is 6.94. The van der Waals surface area contributed by atoms with E-state index in [-0.39, 0.29) is 0 Å². The van der Waals surface area contributed by atoms with E-state index in [9.17, 15) is 0 Å². The van der Waals surface area contributed by atoms with Crippen molar-refractivity contribution in [3.8, 4) is 16.9 Å². The van der Waals surface area contributed by atoms with Gasteiger partial charge >= 0.3 is 0 Å². The molecule has 0 aliphatic rings. The first-order chi connectivity index (χ1) is 9.69. The first kappa shape index (κ1) is 12.4. The number of allylic oxidation sites excluding steroid dienone is 1. The number of rotatable bonds is 3. The highest BCUT2D eigenvalue weighted by Crippen LogP contribution is 2.23. The molecule has 2 aromatic heterocycles. The van der Waals surface area contributed by atoms with Gasteiger partial charge < -0.3 is 4.74 Å². The molecule has 0 aliphatic heterocycles. The molecular formula is C16H15N3O. The Morgan fingerprint density at radius 1 is 1.15 bits per heavy atom. The Kier molecular flexibility index (Phi) is 2.99. The molecule has 0 amide bonds. The van der Waals surface area contributed by atoms with E-state index in [1.54, 1.807) is 17.8 Å². The van der Waals surface area contributed by atoms with Crippen LogP contribution in [0.2, 0.25) is 0 Å². The molecule has 2 heterocycles. The van der Waals surface area contributed by atoms with Crippen LogP contribution in [0, 0.1) is 0 Å². The largest absolute Gasteiger partial charge is 0.497 e. The van der Waals surface area contributed by atoms with Crippen LogP contribution in [-0.2, 0) is 0 Å². The van der Waals surface area contributed by atoms with Gasteiger partial charge in [0.15, 0.2) is 5.65 Å². The van der Waals surface area contributed by atoms with Crippen LogP contribution in [0.4, 0.5) is 0 Å². The standard InChI is InChI=1S/C16H15N3O/c1-11(2)15-9-18-19-10-13(8-17-16(15)19)12-4-6-14(20-3)7-5-12/h4-10H,1H2,2-3H3. The Hall–Kier alpha value is -2.62. The summed E-state index contributed by atoms with van der Waals surface area (Å²) in [5.41, 5.74) is 4.86. The van der Waals surface area contributed by atoms with E-state index in [4.69, 9.17) is 4.74 Å². The molecule has 0 bridgehead atoms. The SMILES string of the molecule is C=C(C)c1cnn2cc(-c3ccc(OC)cc3)cnc12. The minimum absolute atomic E-state index is 0.828. The highest BCUT2D eigenvalue weighted by molar-refractivity contribution is 5.74. The van der Waals surface area contributed by atoms with Crippen molar-refractivity contribution < 1.29 is 4.74 Å². The minimum atomic E-state index is 0.828. The molecule has 0 radical (unpaired) electrons. The fourth-order valence-corrected chi connectivity index (χ4v) is 2.11. The topological polar surface area (TPSA) is 39.4 Å². The third-order valence-electron chi connectivity index (χ3n) is 3.24. The Morgan fingerprint density at radius 2 is 1.90 bits per heavy atom. The van der Waals surface area contributed by atoms with Crippen molar-refractivity contribution in [1.82, 2.24) is 14.6 Å². The number of ether oxygens (including phenoxy) is 1. The molecule has 0 unspecified atom stereocenters. The van der Waals surface area contributed by atoms with Gasteiger partial charge in [-0.3, -0.25) is 0 Å². The number of fused-ring (bicyclic) bond motifs is 1. The van der Waals surface area contributed by atoms with E-state index in [0.29, 0.717) is 0 Å². The maximum absolute atomic E-state index is 5.16. The van der Waals surface area contributed by atoms with E-state index in [1.807, 2.05) is 43.6 Å². The molecule has 100 valence electrons. The second-order valence-corrected chi connectivity index (χ2v) is 4.68. The zero-order chi connectivity index (χ0) is 14.1. The summed E-state index contributed by atoms with van der Waals surface area (Å²) in [6, 6.07) is 7.87. The Bertz CT molecular complexity index is 772. The van der Waals surface area contributed by atoms with Crippen LogP contribution in [0.25, 0.3) is 22.3 Å². The average Bonchev–Trinajstić information content (AvgIpc) is 2.90. The van der Waals surface area contributed by atoms with Crippen LogP contribution in [0.15, 0.2) is 49.4 Å². The van der Waals surface area contributed by atoms with Crippen LogP contribution in [-0.4, -0.2) is 21.7 Å². The minimum Gasteiger partial charge on any atom is -0.497 e. The summed E-state index contributed by atoms with van der Waals surface area (Å²) in [4.78, 5) is 4.49. The summed E-state index contributed by atoms with van der Waals surface area (Å²) in [5, 5.41) is 4.33. The summed E-state index contributed by atoms with van der Waals surface area (Å²) in [7, 11) is 1.66. The van der Waals surface area contributed by atoms with Gasteiger partial charge in [-0.2, -0.15) is 5.10 Å². The Balaban J connectivity index is 2.06. The molecule has 0 saturated carbocycles. The van der Waals surface area contributed by atoms with Gasteiger partial charge in [-0.25, -0.2) is 9.50 Å². The number of methoxy groups -OCH3 is 1. The normalized spacial score (nSPS) is 10.7. The molecule has 0 atom stereocenters. The van der Waals surface area contributed by atoms with Crippen LogP contribution >= 0.6 is 0 Å². The predicted molar refractivity (Wildman–Crippen MR) is 79.7 cm³/mol. The van der Waals surface area contributed by atoms with Gasteiger partial charge in [0.05, 0.1) is 13.3 Å². The lowest BCUT2D eigenvalue weighted by Gasteiger charge is -2.04. The van der Waals surface area contributed by atoms with Crippen molar-refractivity contribution in [2.75, 3.05) is 7.11 Å². The molecule has 0 fully saturated rings. The molecule has 4 nitrogen and oxygen atoms in total. The monoisotopic (exact) mass is 265 g/mol. The zero-order valence-electron chi connectivity index (χ0n) is 11.5. The van der Waals surface area contributed by atoms with E-state index in [1.165, 1.54) is 0 Å². The fourth-order valence-electron chi connectivity index (χ4n) is 2.11. The molecule has 4 heteroatoms. The van der Waals surface area contributed by atoms with Gasteiger partial charge in [0.25, 0.3) is 0 Å². The highest BCUT2D eigenvalue weighted by Gasteiger charge is 2.07. The first-order valence-corrected chi connectivity index (χ1v) is 6.33. The molecule has 3 aromatic rings. The lowest BCUT2D eigenvalue weighted by molar-refractivity contribution is 0.415. The third-order valence-corrected chi connectivity index (χ3v) is 3.24. The molecular weight excluding hydrogens is 250 g/mol. The fraction of sp³-hybridized carbons (Fsp3) is 0.125. The van der Waals surface area contributed by atoms with Crippen molar-refractivity contribution >= 4 is 11.2 Å². The Labute approximate surface area is 117 Å². The van der Waals surface area contributed by atoms with Gasteiger partial charge in [-0.15, -0.1) is 0 Å². The number of benzene rings is 1. The van der Waals surface area contributed by atoms with Crippen LogP contribution in [0.5, 0.6) is 5.75 Å². The van der Waals surface area contributed by atoms with Crippen LogP contribution in [0.3, 0.4) is 0 Å². The first-order valence-electron chi connectivity index (χ1n) is 6.33. The van der Waals surface area contributed by atoms with Crippen molar-refractivity contribution in [3.63, 3.8) is 0 Å². The smallest absolute Gasteiger partial charge is 0.162 e. The predicted octanol–water partition coefficient (Wildman–Crippen LogP) is 3.44. The number of nitrogens with zero attached hydrogens (tertiary/aromatic N) is 3. The summed E-state index contributed by atoms with van der Waals surface area (Å²) in [6.45, 7) is 5.89. The molecule has 3 rings (SSSR count). The van der Waals surface area contributed by atoms with Crippen LogP contribution < -0.4 is 4.74 Å². The number of aromatic nitrogens is 3. The second kappa shape index (κ2) is 4.81. The summed E-state index contributed by atoms with van der Waals surface area (Å²) in [6.07, 6.45) is 5.62. The lowest BCUT2D eigenvalue weighted by atomic mass is 10.1. The Morgan fingerprint density at radius 3 is 2.55 bits per heavy atom. The van der Waals surface area contributed by atoms with Crippen molar-refractivity contribution in [2.24, 2.45) is 0 Å². The maximum Gasteiger partial charge on any atom is 0.162 e. The molecule has 0 N–H and O–H groups in total. The molecule has 0 spiro atoms. The van der Waals surface area contributed by atoms with Gasteiger partial charge in [0, 0.05) is 23.5 Å². The van der Waals surface area contributed by atoms with E-state index in [0.717, 1.165) is 33.7 Å². The zero-order valence-corrected chi connectivity index (χ0v) is 11.5. The summed E-state index contributed by atoms with van der Waals surface area (Å²) >= 11 is 0. The van der Waals surface area contributed by atoms with E-state index < -0.39 is 0 Å². The number of hydrogen-bond donors (Lipinski definition) is 0. The van der Waals surface area contributed by atoms with Crippen molar-refractivity contribution in [3.05, 3.63) is 55.0 Å². The van der Waals surface area contributed by atoms with Crippen LogP contribution in [0.1, 0.15) is 12.5 Å². The van der Waals surface area contributed by atoms with E-state index in [2.05, 4.69) is 16.7 Å². The second-order valence-electron chi connectivity index (χ2n) is 4.68.